The first-order chi connectivity index (χ1) is 11.3. The summed E-state index contributed by atoms with van der Waals surface area (Å²) in [5.41, 5.74) is 5.67. The first-order valence-corrected chi connectivity index (χ1v) is 9.26. The largest absolute Gasteiger partial charge is 0.289 e. The summed E-state index contributed by atoms with van der Waals surface area (Å²) >= 11 is 0. The molecule has 3 rings (SSSR count). The van der Waals surface area contributed by atoms with E-state index in [0.29, 0.717) is 13.1 Å². The quantitative estimate of drug-likeness (QED) is 0.591. The van der Waals surface area contributed by atoms with Crippen LogP contribution in [0.4, 0.5) is 5.69 Å². The van der Waals surface area contributed by atoms with Crippen LogP contribution in [0.5, 0.6) is 0 Å². The zero-order valence-electron chi connectivity index (χ0n) is 13.5. The lowest BCUT2D eigenvalue weighted by Gasteiger charge is -2.43. The summed E-state index contributed by atoms with van der Waals surface area (Å²) in [6.07, 6.45) is 0. The standard InChI is InChI=1S/C14H21N5O4S/c1-10(2)13-9-17-11(7-15-16-17)8-18(13)24(22,23)14-6-4-3-5-12(14)19(20)21/h3-6,10-11,13,15-16H,7-9H2,1-2H3/t11-,13+/m0/s1. The Kier molecular flexibility index (Phi) is 4.58. The molecule has 2 atom stereocenters. The molecule has 0 bridgehead atoms. The van der Waals surface area contributed by atoms with Gasteiger partial charge in [0.1, 0.15) is 0 Å². The van der Waals surface area contributed by atoms with Gasteiger partial charge in [0.05, 0.1) is 11.0 Å². The lowest BCUT2D eigenvalue weighted by Crippen LogP contribution is -2.61. The average Bonchev–Trinajstić information content (AvgIpc) is 3.01. The molecule has 0 amide bonds. The highest BCUT2D eigenvalue weighted by molar-refractivity contribution is 7.89. The first-order valence-electron chi connectivity index (χ1n) is 7.82. The fraction of sp³-hybridized carbons (Fsp3) is 0.571. The number of hydrogen-bond donors (Lipinski definition) is 2. The molecule has 0 spiro atoms. The number of sulfonamides is 1. The molecule has 1 aromatic carbocycles. The van der Waals surface area contributed by atoms with E-state index in [1.165, 1.54) is 28.6 Å². The number of benzene rings is 1. The number of rotatable bonds is 4. The van der Waals surface area contributed by atoms with Crippen LogP contribution in [-0.4, -0.2) is 54.4 Å². The van der Waals surface area contributed by atoms with Crippen molar-refractivity contribution in [1.82, 2.24) is 20.3 Å². The van der Waals surface area contributed by atoms with Gasteiger partial charge in [-0.3, -0.25) is 10.1 Å². The van der Waals surface area contributed by atoms with Crippen LogP contribution in [0.2, 0.25) is 0 Å². The Morgan fingerprint density at radius 3 is 2.67 bits per heavy atom. The summed E-state index contributed by atoms with van der Waals surface area (Å²) in [5, 5.41) is 13.2. The Morgan fingerprint density at radius 2 is 2.00 bits per heavy atom. The van der Waals surface area contributed by atoms with Gasteiger partial charge >= 0.3 is 0 Å². The second-order valence-corrected chi connectivity index (χ2v) is 8.27. The van der Waals surface area contributed by atoms with Crippen LogP contribution in [0.15, 0.2) is 29.2 Å². The van der Waals surface area contributed by atoms with Crippen molar-refractivity contribution in [3.63, 3.8) is 0 Å². The number of hydrogen-bond acceptors (Lipinski definition) is 7. The third-order valence-electron chi connectivity index (χ3n) is 4.56. The van der Waals surface area contributed by atoms with Crippen molar-refractivity contribution >= 4 is 15.7 Å². The highest BCUT2D eigenvalue weighted by Gasteiger charge is 2.45. The molecule has 0 aromatic heterocycles. The number of nitro benzene ring substituents is 1. The SMILES string of the molecule is CC(C)[C@H]1CN2NNC[C@H]2CN1S(=O)(=O)c1ccccc1[N+](=O)[O-]. The molecule has 0 saturated carbocycles. The van der Waals surface area contributed by atoms with E-state index in [-0.39, 0.29) is 35.1 Å². The van der Waals surface area contributed by atoms with E-state index in [4.69, 9.17) is 0 Å². The third-order valence-corrected chi connectivity index (χ3v) is 6.50. The van der Waals surface area contributed by atoms with Crippen molar-refractivity contribution in [3.8, 4) is 0 Å². The van der Waals surface area contributed by atoms with Crippen molar-refractivity contribution in [1.29, 1.82) is 0 Å². The van der Waals surface area contributed by atoms with Crippen LogP contribution in [0, 0.1) is 16.0 Å². The van der Waals surface area contributed by atoms with Gasteiger partial charge in [-0.25, -0.2) is 18.9 Å². The maximum absolute atomic E-state index is 13.2. The molecule has 0 unspecified atom stereocenters. The molecule has 2 aliphatic heterocycles. The molecule has 2 heterocycles. The molecular weight excluding hydrogens is 334 g/mol. The van der Waals surface area contributed by atoms with Crippen molar-refractivity contribution < 1.29 is 13.3 Å². The molecule has 24 heavy (non-hydrogen) atoms. The summed E-state index contributed by atoms with van der Waals surface area (Å²) in [5.74, 6) is 0.0749. The monoisotopic (exact) mass is 355 g/mol. The van der Waals surface area contributed by atoms with E-state index >= 15 is 0 Å². The van der Waals surface area contributed by atoms with Crippen LogP contribution in [-0.2, 0) is 10.0 Å². The predicted octanol–water partition coefficient (Wildman–Crippen LogP) is 0.317. The topological polar surface area (TPSA) is 108 Å². The van der Waals surface area contributed by atoms with Gasteiger partial charge in [-0.2, -0.15) is 9.84 Å². The molecule has 2 aliphatic rings. The number of nitrogens with one attached hydrogen (secondary N) is 2. The minimum absolute atomic E-state index is 0.00227. The number of hydrazine groups is 2. The number of para-hydroxylation sites is 1. The summed E-state index contributed by atoms with van der Waals surface area (Å²) < 4.78 is 27.8. The zero-order chi connectivity index (χ0) is 17.5. The summed E-state index contributed by atoms with van der Waals surface area (Å²) in [6.45, 7) is 5.34. The fourth-order valence-electron chi connectivity index (χ4n) is 3.23. The van der Waals surface area contributed by atoms with Crippen LogP contribution in [0.3, 0.4) is 0 Å². The maximum Gasteiger partial charge on any atom is 0.289 e. The Morgan fingerprint density at radius 1 is 1.29 bits per heavy atom. The van der Waals surface area contributed by atoms with Crippen molar-refractivity contribution in [2.45, 2.75) is 30.8 Å². The Hall–Kier alpha value is -1.59. The van der Waals surface area contributed by atoms with Gasteiger partial charge in [-0.1, -0.05) is 26.0 Å². The van der Waals surface area contributed by atoms with Gasteiger partial charge < -0.3 is 0 Å². The third kappa shape index (κ3) is 2.91. The van der Waals surface area contributed by atoms with Crippen molar-refractivity contribution in [3.05, 3.63) is 34.4 Å². The summed E-state index contributed by atoms with van der Waals surface area (Å²) in [7, 11) is -3.96. The van der Waals surface area contributed by atoms with Gasteiger partial charge in [0.15, 0.2) is 4.90 Å². The molecule has 2 saturated heterocycles. The van der Waals surface area contributed by atoms with E-state index in [1.54, 1.807) is 0 Å². The highest BCUT2D eigenvalue weighted by atomic mass is 32.2. The molecule has 1 aromatic rings. The Labute approximate surface area is 140 Å². The molecule has 2 N–H and O–H groups in total. The second-order valence-electron chi connectivity index (χ2n) is 6.41. The lowest BCUT2D eigenvalue weighted by molar-refractivity contribution is -0.387. The van der Waals surface area contributed by atoms with Crippen LogP contribution in [0.1, 0.15) is 13.8 Å². The average molecular weight is 355 g/mol. The summed E-state index contributed by atoms with van der Waals surface area (Å²) in [6, 6.07) is 5.25. The summed E-state index contributed by atoms with van der Waals surface area (Å²) in [4.78, 5) is 10.4. The minimum Gasteiger partial charge on any atom is -0.258 e. The lowest BCUT2D eigenvalue weighted by atomic mass is 10.0. The first kappa shape index (κ1) is 17.2. The Balaban J connectivity index is 2.02. The predicted molar refractivity (Wildman–Crippen MR) is 87.2 cm³/mol. The van der Waals surface area contributed by atoms with Gasteiger partial charge in [0, 0.05) is 31.7 Å². The van der Waals surface area contributed by atoms with Crippen LogP contribution >= 0.6 is 0 Å². The van der Waals surface area contributed by atoms with Crippen molar-refractivity contribution in [2.24, 2.45) is 5.92 Å². The second kappa shape index (κ2) is 6.37. The highest BCUT2D eigenvalue weighted by Crippen LogP contribution is 2.31. The molecule has 0 aliphatic carbocycles. The van der Waals surface area contributed by atoms with E-state index in [2.05, 4.69) is 11.0 Å². The molecule has 9 nitrogen and oxygen atoms in total. The molecule has 2 fully saturated rings. The molecule has 132 valence electrons. The smallest absolute Gasteiger partial charge is 0.258 e. The number of nitro groups is 1. The number of piperazine rings is 1. The van der Waals surface area contributed by atoms with Crippen LogP contribution < -0.4 is 11.0 Å². The van der Waals surface area contributed by atoms with Crippen molar-refractivity contribution in [2.75, 3.05) is 19.6 Å². The maximum atomic E-state index is 13.2. The number of fused-ring (bicyclic) bond motifs is 1. The fourth-order valence-corrected chi connectivity index (χ4v) is 5.18. The normalized spacial score (nSPS) is 25.8. The van der Waals surface area contributed by atoms with Gasteiger partial charge in [-0.05, 0) is 12.0 Å². The molecule has 10 heteroatoms. The Bertz CT molecular complexity index is 738. The van der Waals surface area contributed by atoms with E-state index < -0.39 is 14.9 Å². The zero-order valence-corrected chi connectivity index (χ0v) is 14.4. The van der Waals surface area contributed by atoms with E-state index in [1.807, 2.05) is 18.9 Å². The minimum atomic E-state index is -3.96. The van der Waals surface area contributed by atoms with Crippen LogP contribution in [0.25, 0.3) is 0 Å². The van der Waals surface area contributed by atoms with Gasteiger partial charge in [0.25, 0.3) is 5.69 Å². The van der Waals surface area contributed by atoms with Gasteiger partial charge in [0.2, 0.25) is 10.0 Å². The number of nitrogens with zero attached hydrogens (tertiary/aromatic N) is 3. The molecular formula is C14H21N5O4S. The molecule has 0 radical (unpaired) electrons. The van der Waals surface area contributed by atoms with E-state index in [9.17, 15) is 18.5 Å². The van der Waals surface area contributed by atoms with Gasteiger partial charge in [-0.15, -0.1) is 0 Å². The van der Waals surface area contributed by atoms with E-state index in [0.717, 1.165) is 0 Å².